The number of H-pyrrole nitrogens is 1. The molecule has 0 radical (unpaired) electrons. The van der Waals surface area contributed by atoms with Crippen molar-refractivity contribution in [3.05, 3.63) is 34.4 Å². The Balaban J connectivity index is 2.68. The summed E-state index contributed by atoms with van der Waals surface area (Å²) < 4.78 is 6.04. The van der Waals surface area contributed by atoms with E-state index in [1.807, 2.05) is 19.1 Å². The number of nitrogens with one attached hydrogen (secondary N) is 1. The average Bonchev–Trinajstić information content (AvgIpc) is 2.73. The van der Waals surface area contributed by atoms with Gasteiger partial charge in [0.15, 0.2) is 0 Å². The minimum absolute atomic E-state index is 0.0669. The highest BCUT2D eigenvalue weighted by molar-refractivity contribution is 7.71. The van der Waals surface area contributed by atoms with E-state index in [9.17, 15) is 0 Å². The number of hydrogen-bond acceptors (Lipinski definition) is 3. The normalized spacial score (nSPS) is 11.8. The Bertz CT molecular complexity index is 576. The molecule has 90 valence electrons. The Labute approximate surface area is 106 Å². The van der Waals surface area contributed by atoms with Gasteiger partial charge in [-0.2, -0.15) is 0 Å². The highest BCUT2D eigenvalue weighted by atomic mass is 32.1. The van der Waals surface area contributed by atoms with Crippen LogP contribution in [0.15, 0.2) is 22.8 Å². The second-order valence-corrected chi connectivity index (χ2v) is 5.50. The lowest BCUT2D eigenvalue weighted by molar-refractivity contribution is 0.539. The summed E-state index contributed by atoms with van der Waals surface area (Å²) in [6.07, 6.45) is 1.66. The van der Waals surface area contributed by atoms with Crippen molar-refractivity contribution < 1.29 is 4.42 Å². The SMILES string of the molecule is Cc1c(-c2ccco2)[nH]c(C(C)(C)C)nc1=S. The molecule has 0 amide bonds. The van der Waals surface area contributed by atoms with E-state index in [2.05, 4.69) is 30.7 Å². The Morgan fingerprint density at radius 3 is 2.59 bits per heavy atom. The third-order valence-corrected chi connectivity index (χ3v) is 3.03. The van der Waals surface area contributed by atoms with E-state index < -0.39 is 0 Å². The summed E-state index contributed by atoms with van der Waals surface area (Å²) in [7, 11) is 0. The molecule has 2 rings (SSSR count). The first-order valence-electron chi connectivity index (χ1n) is 5.55. The van der Waals surface area contributed by atoms with Crippen LogP contribution in [-0.4, -0.2) is 9.97 Å². The fourth-order valence-electron chi connectivity index (χ4n) is 1.55. The molecule has 2 aromatic heterocycles. The molecule has 3 nitrogen and oxygen atoms in total. The van der Waals surface area contributed by atoms with Crippen molar-refractivity contribution in [2.24, 2.45) is 0 Å². The van der Waals surface area contributed by atoms with E-state index in [4.69, 9.17) is 16.6 Å². The smallest absolute Gasteiger partial charge is 0.150 e. The summed E-state index contributed by atoms with van der Waals surface area (Å²) in [5.41, 5.74) is 1.80. The molecule has 2 aromatic rings. The van der Waals surface area contributed by atoms with Gasteiger partial charge in [0.2, 0.25) is 0 Å². The van der Waals surface area contributed by atoms with Crippen molar-refractivity contribution in [1.82, 2.24) is 9.97 Å². The fraction of sp³-hybridized carbons (Fsp3) is 0.385. The number of aromatic nitrogens is 2. The van der Waals surface area contributed by atoms with Crippen LogP contribution in [0, 0.1) is 11.6 Å². The van der Waals surface area contributed by atoms with Gasteiger partial charge in [0.25, 0.3) is 0 Å². The maximum absolute atomic E-state index is 5.42. The molecule has 1 N–H and O–H groups in total. The highest BCUT2D eigenvalue weighted by Crippen LogP contribution is 2.26. The maximum Gasteiger partial charge on any atom is 0.150 e. The van der Waals surface area contributed by atoms with E-state index in [0.29, 0.717) is 4.64 Å². The number of rotatable bonds is 1. The van der Waals surface area contributed by atoms with Crippen LogP contribution in [0.3, 0.4) is 0 Å². The summed E-state index contributed by atoms with van der Waals surface area (Å²) in [6, 6.07) is 3.78. The summed E-state index contributed by atoms with van der Waals surface area (Å²) >= 11 is 5.30. The van der Waals surface area contributed by atoms with Crippen LogP contribution in [0.4, 0.5) is 0 Å². The zero-order valence-corrected chi connectivity index (χ0v) is 11.3. The molecule has 0 saturated carbocycles. The number of hydrogen-bond donors (Lipinski definition) is 1. The van der Waals surface area contributed by atoms with Crippen molar-refractivity contribution in [3.8, 4) is 11.5 Å². The van der Waals surface area contributed by atoms with Crippen molar-refractivity contribution in [2.75, 3.05) is 0 Å². The third kappa shape index (κ3) is 2.31. The summed E-state index contributed by atoms with van der Waals surface area (Å²) in [5.74, 6) is 1.67. The number of aromatic amines is 1. The Hall–Kier alpha value is -1.42. The van der Waals surface area contributed by atoms with E-state index in [1.165, 1.54) is 0 Å². The minimum atomic E-state index is -0.0669. The van der Waals surface area contributed by atoms with E-state index in [0.717, 1.165) is 22.8 Å². The topological polar surface area (TPSA) is 41.8 Å². The fourth-order valence-corrected chi connectivity index (χ4v) is 1.75. The Kier molecular flexibility index (Phi) is 2.91. The zero-order chi connectivity index (χ0) is 12.6. The molecule has 0 atom stereocenters. The monoisotopic (exact) mass is 248 g/mol. The van der Waals surface area contributed by atoms with Gasteiger partial charge in [0.1, 0.15) is 16.2 Å². The van der Waals surface area contributed by atoms with Gasteiger partial charge >= 0.3 is 0 Å². The van der Waals surface area contributed by atoms with Gasteiger partial charge in [-0.25, -0.2) is 4.98 Å². The lowest BCUT2D eigenvalue weighted by Gasteiger charge is -2.19. The Morgan fingerprint density at radius 2 is 2.06 bits per heavy atom. The second kappa shape index (κ2) is 4.11. The van der Waals surface area contributed by atoms with Crippen LogP contribution in [0.1, 0.15) is 32.2 Å². The van der Waals surface area contributed by atoms with Gasteiger partial charge in [-0.3, -0.25) is 0 Å². The van der Waals surface area contributed by atoms with Crippen molar-refractivity contribution >= 4 is 12.2 Å². The van der Waals surface area contributed by atoms with Gasteiger partial charge < -0.3 is 9.40 Å². The predicted molar refractivity (Wildman–Crippen MR) is 70.6 cm³/mol. The average molecular weight is 248 g/mol. The first-order chi connectivity index (χ1) is 7.89. The van der Waals surface area contributed by atoms with Gasteiger partial charge in [0.05, 0.1) is 12.0 Å². The molecule has 0 saturated heterocycles. The first-order valence-corrected chi connectivity index (χ1v) is 5.95. The molecule has 0 fully saturated rings. The zero-order valence-electron chi connectivity index (χ0n) is 10.5. The largest absolute Gasteiger partial charge is 0.463 e. The van der Waals surface area contributed by atoms with Crippen LogP contribution >= 0.6 is 12.2 Å². The molecule has 0 aliphatic heterocycles. The molecular weight excluding hydrogens is 232 g/mol. The summed E-state index contributed by atoms with van der Waals surface area (Å²) in [4.78, 5) is 7.76. The minimum Gasteiger partial charge on any atom is -0.463 e. The molecule has 0 spiro atoms. The van der Waals surface area contributed by atoms with Gasteiger partial charge in [-0.1, -0.05) is 33.0 Å². The molecule has 0 aromatic carbocycles. The summed E-state index contributed by atoms with van der Waals surface area (Å²) in [5, 5.41) is 0. The van der Waals surface area contributed by atoms with Crippen LogP contribution in [0.25, 0.3) is 11.5 Å². The number of furan rings is 1. The maximum atomic E-state index is 5.42. The first kappa shape index (κ1) is 12.0. The highest BCUT2D eigenvalue weighted by Gasteiger charge is 2.19. The molecular formula is C13H16N2OS. The molecule has 0 bridgehead atoms. The van der Waals surface area contributed by atoms with Crippen LogP contribution in [-0.2, 0) is 5.41 Å². The van der Waals surface area contributed by atoms with Gasteiger partial charge in [-0.15, -0.1) is 0 Å². The summed E-state index contributed by atoms with van der Waals surface area (Å²) in [6.45, 7) is 8.25. The lowest BCUT2D eigenvalue weighted by atomic mass is 9.95. The van der Waals surface area contributed by atoms with Crippen molar-refractivity contribution in [1.29, 1.82) is 0 Å². The van der Waals surface area contributed by atoms with E-state index in [-0.39, 0.29) is 5.41 Å². The van der Waals surface area contributed by atoms with Crippen LogP contribution in [0.5, 0.6) is 0 Å². The molecule has 0 aliphatic carbocycles. The second-order valence-electron chi connectivity index (χ2n) is 5.12. The Morgan fingerprint density at radius 1 is 1.35 bits per heavy atom. The quantitative estimate of drug-likeness (QED) is 0.775. The van der Waals surface area contributed by atoms with Gasteiger partial charge in [0, 0.05) is 11.0 Å². The van der Waals surface area contributed by atoms with Crippen LogP contribution in [0.2, 0.25) is 0 Å². The number of nitrogens with zero attached hydrogens (tertiary/aromatic N) is 1. The molecule has 4 heteroatoms. The molecule has 17 heavy (non-hydrogen) atoms. The van der Waals surface area contributed by atoms with Crippen molar-refractivity contribution in [2.45, 2.75) is 33.1 Å². The standard InChI is InChI=1S/C13H16N2OS/c1-8-10(9-6-5-7-16-9)14-12(13(2,3)4)15-11(8)17/h5-7H,1-4H3,(H,14,15,17). The molecule has 0 unspecified atom stereocenters. The predicted octanol–water partition coefficient (Wildman–Crippen LogP) is 4.01. The van der Waals surface area contributed by atoms with Gasteiger partial charge in [-0.05, 0) is 19.1 Å². The molecule has 0 aliphatic rings. The van der Waals surface area contributed by atoms with Crippen molar-refractivity contribution in [3.63, 3.8) is 0 Å². The van der Waals surface area contributed by atoms with E-state index in [1.54, 1.807) is 6.26 Å². The molecule has 2 heterocycles. The van der Waals surface area contributed by atoms with E-state index >= 15 is 0 Å². The third-order valence-electron chi connectivity index (χ3n) is 2.63. The van der Waals surface area contributed by atoms with Crippen LogP contribution < -0.4 is 0 Å². The lowest BCUT2D eigenvalue weighted by Crippen LogP contribution is -2.17.